The van der Waals surface area contributed by atoms with Crippen LogP contribution >= 0.6 is 23.1 Å². The number of carbonyl (C=O) groups excluding carboxylic acids is 2. The fourth-order valence-electron chi connectivity index (χ4n) is 2.87. The zero-order chi connectivity index (χ0) is 21.6. The van der Waals surface area contributed by atoms with Crippen LogP contribution in [0.2, 0.25) is 0 Å². The minimum Gasteiger partial charge on any atom is -0.360 e. The summed E-state index contributed by atoms with van der Waals surface area (Å²) >= 11 is 2.81. The van der Waals surface area contributed by atoms with E-state index < -0.39 is 5.25 Å². The highest BCUT2D eigenvalue weighted by Gasteiger charge is 2.23. The van der Waals surface area contributed by atoms with E-state index in [4.69, 9.17) is 4.52 Å². The summed E-state index contributed by atoms with van der Waals surface area (Å²) in [6.45, 7) is 1.77. The molecule has 0 radical (unpaired) electrons. The number of anilines is 2. The van der Waals surface area contributed by atoms with Crippen LogP contribution in [-0.2, 0) is 4.79 Å². The van der Waals surface area contributed by atoms with Gasteiger partial charge in [0, 0.05) is 16.6 Å². The van der Waals surface area contributed by atoms with Gasteiger partial charge in [-0.15, -0.1) is 23.1 Å². The Labute approximate surface area is 187 Å². The quantitative estimate of drug-likeness (QED) is 0.350. The third kappa shape index (κ3) is 5.42. The number of thioether (sulfide) groups is 1. The van der Waals surface area contributed by atoms with E-state index in [0.717, 1.165) is 10.5 Å². The molecule has 2 N–H and O–H groups in total. The second-order valence-corrected chi connectivity index (χ2v) is 8.80. The Balaban J connectivity index is 1.48. The first kappa shape index (κ1) is 20.9. The van der Waals surface area contributed by atoms with Gasteiger partial charge in [-0.05, 0) is 48.2 Å². The van der Waals surface area contributed by atoms with Gasteiger partial charge in [-0.2, -0.15) is 0 Å². The molecule has 2 aromatic heterocycles. The van der Waals surface area contributed by atoms with Crippen LogP contribution < -0.4 is 10.6 Å². The van der Waals surface area contributed by atoms with E-state index in [-0.39, 0.29) is 11.8 Å². The standard InChI is InChI=1S/C23H19N3O3S2/c1-15-14-20(26-29-15)25-23(28)21(16-6-3-2-4-7-16)31-18-11-9-17(10-12-18)24-22(27)19-8-5-13-30-19/h2-14,21H,1H3,(H,24,27)(H,25,26,28). The Morgan fingerprint density at radius 3 is 2.42 bits per heavy atom. The maximum atomic E-state index is 13.0. The van der Waals surface area contributed by atoms with E-state index in [1.165, 1.54) is 23.1 Å². The van der Waals surface area contributed by atoms with Crippen molar-refractivity contribution in [3.8, 4) is 0 Å². The number of thiophene rings is 1. The normalized spacial score (nSPS) is 11.6. The van der Waals surface area contributed by atoms with E-state index in [0.29, 0.717) is 22.1 Å². The monoisotopic (exact) mass is 449 g/mol. The molecule has 0 bridgehead atoms. The highest BCUT2D eigenvalue weighted by atomic mass is 32.2. The molecule has 2 aromatic carbocycles. The van der Waals surface area contributed by atoms with E-state index in [9.17, 15) is 9.59 Å². The summed E-state index contributed by atoms with van der Waals surface area (Å²) in [7, 11) is 0. The van der Waals surface area contributed by atoms with Gasteiger partial charge in [0.15, 0.2) is 5.82 Å². The highest BCUT2D eigenvalue weighted by Crippen LogP contribution is 2.36. The van der Waals surface area contributed by atoms with E-state index in [1.54, 1.807) is 19.1 Å². The molecule has 0 fully saturated rings. The molecule has 1 atom stereocenters. The van der Waals surface area contributed by atoms with Gasteiger partial charge in [-0.3, -0.25) is 9.59 Å². The first-order valence-electron chi connectivity index (χ1n) is 9.49. The van der Waals surface area contributed by atoms with Crippen molar-refractivity contribution < 1.29 is 14.1 Å². The molecule has 6 nitrogen and oxygen atoms in total. The lowest BCUT2D eigenvalue weighted by atomic mass is 10.1. The number of aromatic nitrogens is 1. The number of aryl methyl sites for hydroxylation is 1. The molecule has 0 spiro atoms. The van der Waals surface area contributed by atoms with Crippen LogP contribution in [0.1, 0.15) is 26.2 Å². The first-order chi connectivity index (χ1) is 15.1. The average molecular weight is 450 g/mol. The van der Waals surface area contributed by atoms with Crippen molar-refractivity contribution in [3.05, 3.63) is 94.4 Å². The lowest BCUT2D eigenvalue weighted by molar-refractivity contribution is -0.115. The Morgan fingerprint density at radius 1 is 1.00 bits per heavy atom. The first-order valence-corrected chi connectivity index (χ1v) is 11.2. The van der Waals surface area contributed by atoms with Gasteiger partial charge in [0.05, 0.1) is 4.88 Å². The van der Waals surface area contributed by atoms with Crippen LogP contribution in [0.4, 0.5) is 11.5 Å². The van der Waals surface area contributed by atoms with Crippen molar-refractivity contribution in [1.82, 2.24) is 5.16 Å². The number of amides is 2. The number of hydrogen-bond acceptors (Lipinski definition) is 6. The summed E-state index contributed by atoms with van der Waals surface area (Å²) in [4.78, 5) is 26.8. The van der Waals surface area contributed by atoms with Crippen LogP contribution in [-0.4, -0.2) is 17.0 Å². The summed E-state index contributed by atoms with van der Waals surface area (Å²) in [5.74, 6) is 0.675. The zero-order valence-corrected chi connectivity index (χ0v) is 18.2. The van der Waals surface area contributed by atoms with E-state index in [2.05, 4.69) is 15.8 Å². The molecule has 31 heavy (non-hydrogen) atoms. The van der Waals surface area contributed by atoms with Crippen molar-refractivity contribution in [3.63, 3.8) is 0 Å². The van der Waals surface area contributed by atoms with Gasteiger partial charge in [-0.1, -0.05) is 41.6 Å². The summed E-state index contributed by atoms with van der Waals surface area (Å²) in [5, 5.41) is 10.9. The molecule has 0 saturated carbocycles. The van der Waals surface area contributed by atoms with Gasteiger partial charge in [0.2, 0.25) is 5.91 Å². The molecule has 4 rings (SSSR count). The largest absolute Gasteiger partial charge is 0.360 e. The number of nitrogens with one attached hydrogen (secondary N) is 2. The minimum atomic E-state index is -0.482. The highest BCUT2D eigenvalue weighted by molar-refractivity contribution is 8.00. The van der Waals surface area contributed by atoms with Crippen LogP contribution in [0.15, 0.2) is 87.6 Å². The Bertz CT molecular complexity index is 1160. The van der Waals surface area contributed by atoms with Gasteiger partial charge in [0.25, 0.3) is 5.91 Å². The molecule has 0 aliphatic carbocycles. The Morgan fingerprint density at radius 2 is 1.77 bits per heavy atom. The topological polar surface area (TPSA) is 84.2 Å². The van der Waals surface area contributed by atoms with Crippen LogP contribution in [0.3, 0.4) is 0 Å². The molecule has 0 aliphatic heterocycles. The zero-order valence-electron chi connectivity index (χ0n) is 16.6. The van der Waals surface area contributed by atoms with Gasteiger partial charge < -0.3 is 15.2 Å². The van der Waals surface area contributed by atoms with Crippen LogP contribution in [0.25, 0.3) is 0 Å². The van der Waals surface area contributed by atoms with E-state index >= 15 is 0 Å². The molecule has 8 heteroatoms. The van der Waals surface area contributed by atoms with Crippen molar-refractivity contribution in [2.75, 3.05) is 10.6 Å². The fourth-order valence-corrected chi connectivity index (χ4v) is 4.51. The predicted octanol–water partition coefficient (Wildman–Crippen LogP) is 5.77. The van der Waals surface area contributed by atoms with Crippen molar-refractivity contribution in [1.29, 1.82) is 0 Å². The minimum absolute atomic E-state index is 0.139. The van der Waals surface area contributed by atoms with Crippen molar-refractivity contribution in [2.24, 2.45) is 0 Å². The molecule has 1 unspecified atom stereocenters. The number of rotatable bonds is 7. The molecule has 0 aliphatic rings. The summed E-state index contributed by atoms with van der Waals surface area (Å²) in [6, 6.07) is 22.3. The average Bonchev–Trinajstić information content (AvgIpc) is 3.46. The maximum Gasteiger partial charge on any atom is 0.265 e. The number of hydrogen-bond donors (Lipinski definition) is 2. The lowest BCUT2D eigenvalue weighted by Gasteiger charge is -2.16. The molecule has 4 aromatic rings. The second-order valence-electron chi connectivity index (χ2n) is 6.68. The van der Waals surface area contributed by atoms with Crippen molar-refractivity contribution >= 4 is 46.4 Å². The third-order valence-electron chi connectivity index (χ3n) is 4.33. The molecule has 0 saturated heterocycles. The van der Waals surface area contributed by atoms with Gasteiger partial charge in [-0.25, -0.2) is 0 Å². The fraction of sp³-hybridized carbons (Fsp3) is 0.0870. The summed E-state index contributed by atoms with van der Waals surface area (Å²) in [5.41, 5.74) is 1.57. The van der Waals surface area contributed by atoms with E-state index in [1.807, 2.05) is 66.0 Å². The van der Waals surface area contributed by atoms with Crippen LogP contribution in [0.5, 0.6) is 0 Å². The third-order valence-corrected chi connectivity index (χ3v) is 6.47. The summed E-state index contributed by atoms with van der Waals surface area (Å²) < 4.78 is 5.04. The molecule has 2 amide bonds. The molecular formula is C23H19N3O3S2. The maximum absolute atomic E-state index is 13.0. The summed E-state index contributed by atoms with van der Waals surface area (Å²) in [6.07, 6.45) is 0. The predicted molar refractivity (Wildman–Crippen MR) is 124 cm³/mol. The second kappa shape index (κ2) is 9.63. The van der Waals surface area contributed by atoms with Gasteiger partial charge >= 0.3 is 0 Å². The molecule has 156 valence electrons. The van der Waals surface area contributed by atoms with Crippen molar-refractivity contribution in [2.45, 2.75) is 17.1 Å². The number of carbonyl (C=O) groups is 2. The van der Waals surface area contributed by atoms with Crippen LogP contribution in [0, 0.1) is 6.92 Å². The Kier molecular flexibility index (Phi) is 6.49. The molecular weight excluding hydrogens is 430 g/mol. The SMILES string of the molecule is Cc1cc(NC(=O)C(Sc2ccc(NC(=O)c3cccs3)cc2)c2ccccc2)no1. The molecule has 2 heterocycles. The van der Waals surface area contributed by atoms with Gasteiger partial charge in [0.1, 0.15) is 11.0 Å². The number of benzene rings is 2. The smallest absolute Gasteiger partial charge is 0.265 e. The number of nitrogens with zero attached hydrogens (tertiary/aromatic N) is 1. The lowest BCUT2D eigenvalue weighted by Crippen LogP contribution is -2.19. The Hall–Kier alpha value is -3.36.